The Kier molecular flexibility index (Phi) is 5.95. The molecule has 0 radical (unpaired) electrons. The Morgan fingerprint density at radius 2 is 2.10 bits per heavy atom. The molecular formula is C18H29ClN2. The fraction of sp³-hybridized carbons (Fsp3) is 0.667. The van der Waals surface area contributed by atoms with Gasteiger partial charge in [0.25, 0.3) is 0 Å². The zero-order valence-corrected chi connectivity index (χ0v) is 14.6. The van der Waals surface area contributed by atoms with Crippen LogP contribution in [0.4, 0.5) is 5.69 Å². The molecule has 2 nitrogen and oxygen atoms in total. The Balaban J connectivity index is 2.22. The first kappa shape index (κ1) is 16.6. The van der Waals surface area contributed by atoms with Crippen LogP contribution in [-0.2, 0) is 6.54 Å². The van der Waals surface area contributed by atoms with Gasteiger partial charge in [0.1, 0.15) is 0 Å². The van der Waals surface area contributed by atoms with E-state index in [0.717, 1.165) is 18.1 Å². The smallest absolute Gasteiger partial charge is 0.0431 e. The van der Waals surface area contributed by atoms with Crippen LogP contribution < -0.4 is 10.2 Å². The molecule has 2 rings (SSSR count). The molecule has 2 unspecified atom stereocenters. The van der Waals surface area contributed by atoms with Crippen molar-refractivity contribution in [2.24, 2.45) is 5.92 Å². The molecule has 1 aliphatic heterocycles. The number of hydrogen-bond donors (Lipinski definition) is 1. The SMILES string of the molecule is CCC1CCC(C)N1c1cc(Cl)ccc1CNCC(C)C. The average Bonchev–Trinajstić information content (AvgIpc) is 2.81. The zero-order chi connectivity index (χ0) is 15.4. The van der Waals surface area contributed by atoms with E-state index in [2.05, 4.69) is 50.0 Å². The highest BCUT2D eigenvalue weighted by Gasteiger charge is 2.30. The summed E-state index contributed by atoms with van der Waals surface area (Å²) in [6.07, 6.45) is 3.78. The third kappa shape index (κ3) is 4.14. The third-order valence-electron chi connectivity index (χ3n) is 4.45. The molecule has 1 N–H and O–H groups in total. The van der Waals surface area contributed by atoms with Crippen LogP contribution in [-0.4, -0.2) is 18.6 Å². The lowest BCUT2D eigenvalue weighted by Gasteiger charge is -2.32. The molecule has 2 atom stereocenters. The molecule has 0 amide bonds. The summed E-state index contributed by atoms with van der Waals surface area (Å²) in [6, 6.07) is 7.61. The second-order valence-electron chi connectivity index (χ2n) is 6.69. The van der Waals surface area contributed by atoms with E-state index in [1.165, 1.54) is 30.5 Å². The minimum Gasteiger partial charge on any atom is -0.366 e. The van der Waals surface area contributed by atoms with Crippen LogP contribution in [0.25, 0.3) is 0 Å². The Hall–Kier alpha value is -0.730. The number of halogens is 1. The highest BCUT2D eigenvalue weighted by Crippen LogP contribution is 2.35. The monoisotopic (exact) mass is 308 g/mol. The van der Waals surface area contributed by atoms with E-state index >= 15 is 0 Å². The molecule has 1 fully saturated rings. The first-order valence-electron chi connectivity index (χ1n) is 8.30. The van der Waals surface area contributed by atoms with E-state index in [0.29, 0.717) is 18.0 Å². The van der Waals surface area contributed by atoms with E-state index in [1.54, 1.807) is 0 Å². The van der Waals surface area contributed by atoms with Crippen molar-refractivity contribution in [2.75, 3.05) is 11.4 Å². The molecule has 1 aliphatic rings. The van der Waals surface area contributed by atoms with Crippen molar-refractivity contribution in [3.8, 4) is 0 Å². The van der Waals surface area contributed by atoms with Gasteiger partial charge in [-0.25, -0.2) is 0 Å². The molecule has 118 valence electrons. The number of nitrogens with one attached hydrogen (secondary N) is 1. The first-order chi connectivity index (χ1) is 10.0. The second kappa shape index (κ2) is 7.51. The Morgan fingerprint density at radius 1 is 1.33 bits per heavy atom. The van der Waals surface area contributed by atoms with Crippen LogP contribution in [0, 0.1) is 5.92 Å². The van der Waals surface area contributed by atoms with Crippen molar-refractivity contribution in [2.45, 2.75) is 65.6 Å². The fourth-order valence-corrected chi connectivity index (χ4v) is 3.50. The summed E-state index contributed by atoms with van der Waals surface area (Å²) in [5.74, 6) is 0.676. The van der Waals surface area contributed by atoms with Gasteiger partial charge in [-0.05, 0) is 56.3 Å². The van der Waals surface area contributed by atoms with Crippen LogP contribution in [0.5, 0.6) is 0 Å². The Bertz CT molecular complexity index is 459. The van der Waals surface area contributed by atoms with Crippen molar-refractivity contribution < 1.29 is 0 Å². The van der Waals surface area contributed by atoms with Gasteiger partial charge >= 0.3 is 0 Å². The lowest BCUT2D eigenvalue weighted by atomic mass is 10.1. The van der Waals surface area contributed by atoms with Crippen LogP contribution >= 0.6 is 11.6 Å². The fourth-order valence-electron chi connectivity index (χ4n) is 3.33. The predicted octanol–water partition coefficient (Wildman–Crippen LogP) is 4.85. The lowest BCUT2D eigenvalue weighted by molar-refractivity contribution is 0.550. The number of hydrogen-bond acceptors (Lipinski definition) is 2. The largest absolute Gasteiger partial charge is 0.366 e. The third-order valence-corrected chi connectivity index (χ3v) is 4.69. The molecule has 0 saturated carbocycles. The number of benzene rings is 1. The maximum atomic E-state index is 6.27. The minimum atomic E-state index is 0.609. The molecule has 1 saturated heterocycles. The summed E-state index contributed by atoms with van der Waals surface area (Å²) in [6.45, 7) is 11.1. The van der Waals surface area contributed by atoms with Crippen molar-refractivity contribution in [3.63, 3.8) is 0 Å². The first-order valence-corrected chi connectivity index (χ1v) is 8.68. The highest BCUT2D eigenvalue weighted by molar-refractivity contribution is 6.30. The lowest BCUT2D eigenvalue weighted by Crippen LogP contribution is -2.35. The van der Waals surface area contributed by atoms with Crippen molar-refractivity contribution in [1.82, 2.24) is 5.32 Å². The summed E-state index contributed by atoms with van der Waals surface area (Å²) in [5, 5.41) is 4.40. The molecule has 0 aromatic heterocycles. The van der Waals surface area contributed by atoms with E-state index < -0.39 is 0 Å². The van der Waals surface area contributed by atoms with Gasteiger partial charge in [0, 0.05) is 29.3 Å². The minimum absolute atomic E-state index is 0.609. The van der Waals surface area contributed by atoms with Crippen molar-refractivity contribution in [1.29, 1.82) is 0 Å². The molecule has 21 heavy (non-hydrogen) atoms. The summed E-state index contributed by atoms with van der Waals surface area (Å²) >= 11 is 6.27. The Morgan fingerprint density at radius 3 is 2.76 bits per heavy atom. The summed E-state index contributed by atoms with van der Waals surface area (Å²) in [7, 11) is 0. The normalized spacial score (nSPS) is 22.3. The van der Waals surface area contributed by atoms with Gasteiger partial charge in [-0.2, -0.15) is 0 Å². The van der Waals surface area contributed by atoms with Crippen LogP contribution in [0.2, 0.25) is 5.02 Å². The van der Waals surface area contributed by atoms with Crippen molar-refractivity contribution >= 4 is 17.3 Å². The topological polar surface area (TPSA) is 15.3 Å². The summed E-state index contributed by atoms with van der Waals surface area (Å²) in [5.41, 5.74) is 2.70. The van der Waals surface area contributed by atoms with E-state index in [4.69, 9.17) is 11.6 Å². The number of nitrogens with zero attached hydrogens (tertiary/aromatic N) is 1. The molecule has 0 bridgehead atoms. The van der Waals surface area contributed by atoms with Gasteiger partial charge in [0.05, 0.1) is 0 Å². The van der Waals surface area contributed by atoms with Gasteiger partial charge in [-0.1, -0.05) is 38.4 Å². The average molecular weight is 309 g/mol. The number of rotatable bonds is 6. The van der Waals surface area contributed by atoms with Crippen LogP contribution in [0.1, 0.15) is 52.5 Å². The molecule has 0 aliphatic carbocycles. The van der Waals surface area contributed by atoms with Gasteiger partial charge in [0.2, 0.25) is 0 Å². The molecule has 1 aromatic carbocycles. The zero-order valence-electron chi connectivity index (χ0n) is 13.8. The molecule has 0 spiro atoms. The van der Waals surface area contributed by atoms with Crippen LogP contribution in [0.15, 0.2) is 18.2 Å². The van der Waals surface area contributed by atoms with E-state index in [-0.39, 0.29) is 0 Å². The van der Waals surface area contributed by atoms with Gasteiger partial charge < -0.3 is 10.2 Å². The maximum Gasteiger partial charge on any atom is 0.0431 e. The Labute approximate surface area is 134 Å². The quantitative estimate of drug-likeness (QED) is 0.808. The molecular weight excluding hydrogens is 280 g/mol. The molecule has 3 heteroatoms. The van der Waals surface area contributed by atoms with Crippen LogP contribution in [0.3, 0.4) is 0 Å². The van der Waals surface area contributed by atoms with Crippen molar-refractivity contribution in [3.05, 3.63) is 28.8 Å². The maximum absolute atomic E-state index is 6.27. The van der Waals surface area contributed by atoms with Gasteiger partial charge in [-0.15, -0.1) is 0 Å². The van der Waals surface area contributed by atoms with E-state index in [9.17, 15) is 0 Å². The predicted molar refractivity (Wildman–Crippen MR) is 93.3 cm³/mol. The van der Waals surface area contributed by atoms with Gasteiger partial charge in [-0.3, -0.25) is 0 Å². The van der Waals surface area contributed by atoms with Gasteiger partial charge in [0.15, 0.2) is 0 Å². The summed E-state index contributed by atoms with van der Waals surface area (Å²) in [4.78, 5) is 2.60. The molecule has 1 heterocycles. The summed E-state index contributed by atoms with van der Waals surface area (Å²) < 4.78 is 0. The second-order valence-corrected chi connectivity index (χ2v) is 7.13. The standard InChI is InChI=1S/C18H29ClN2/c1-5-17-9-6-14(4)21(17)18-10-16(19)8-7-15(18)12-20-11-13(2)3/h7-8,10,13-14,17,20H,5-6,9,11-12H2,1-4H3. The molecule has 1 aromatic rings. The van der Waals surface area contributed by atoms with E-state index in [1.807, 2.05) is 6.07 Å². The number of anilines is 1. The highest BCUT2D eigenvalue weighted by atomic mass is 35.5.